The van der Waals surface area contributed by atoms with Gasteiger partial charge in [0.05, 0.1) is 64.2 Å². The molecule has 2 aromatic carbocycles. The number of rotatable bonds is 3. The molecular formula is C29H34ClN3O8. The smallest absolute Gasteiger partial charge is 0.211 e. The zero-order valence-corrected chi connectivity index (χ0v) is 23.4. The van der Waals surface area contributed by atoms with E-state index >= 15 is 0 Å². The van der Waals surface area contributed by atoms with Crippen molar-refractivity contribution in [3.63, 3.8) is 0 Å². The first-order valence-electron chi connectivity index (χ1n) is 13.2. The number of benzene rings is 2. The predicted molar refractivity (Wildman–Crippen MR) is 142 cm³/mol. The van der Waals surface area contributed by atoms with Crippen LogP contribution in [0.15, 0.2) is 79.1 Å². The van der Waals surface area contributed by atoms with Gasteiger partial charge < -0.3 is 29.2 Å². The van der Waals surface area contributed by atoms with E-state index in [-0.39, 0.29) is 0 Å². The topological polar surface area (TPSA) is 149 Å². The Bertz CT molecular complexity index is 1350. The molecule has 41 heavy (non-hydrogen) atoms. The van der Waals surface area contributed by atoms with Gasteiger partial charge in [0.25, 0.3) is 0 Å². The highest BCUT2D eigenvalue weighted by molar-refractivity contribution is 5.88. The Balaban J connectivity index is 0.000000714. The fourth-order valence-electron chi connectivity index (χ4n) is 4.39. The number of nitrogens with zero attached hydrogens (tertiary/aromatic N) is 2. The van der Waals surface area contributed by atoms with Crippen LogP contribution in [0.5, 0.6) is 0 Å². The van der Waals surface area contributed by atoms with Gasteiger partial charge in [-0.25, -0.2) is 18.6 Å². The molecule has 0 atom stereocenters. The Kier molecular flexibility index (Phi) is 11.9. The van der Waals surface area contributed by atoms with Gasteiger partial charge in [-0.15, -0.1) is 10.2 Å². The summed E-state index contributed by atoms with van der Waals surface area (Å²) in [6.45, 7) is 6.24. The largest absolute Gasteiger partial charge is 0.377 e. The lowest BCUT2D eigenvalue weighted by Crippen LogP contribution is -2.68. The molecule has 1 aliphatic rings. The Labute approximate surface area is 240 Å². The van der Waals surface area contributed by atoms with Gasteiger partial charge in [0.2, 0.25) is 5.52 Å². The molecule has 0 saturated carbocycles. The molecule has 2 aromatic heterocycles. The van der Waals surface area contributed by atoms with Crippen LogP contribution in [0.3, 0.4) is 0 Å². The van der Waals surface area contributed by atoms with Crippen LogP contribution < -0.4 is 33.3 Å². The molecule has 4 aromatic rings. The molecule has 12 heteroatoms. The number of nitrogens with one attached hydrogen (secondary N) is 1. The van der Waals surface area contributed by atoms with Crippen LogP contribution in [-0.2, 0) is 18.9 Å². The average Bonchev–Trinajstić information content (AvgIpc) is 2.95. The number of hydrogen-bond donors (Lipinski definition) is 1. The third kappa shape index (κ3) is 10.7. The highest BCUT2D eigenvalue weighted by Crippen LogP contribution is 2.30. The van der Waals surface area contributed by atoms with Gasteiger partial charge in [-0.2, -0.15) is 4.40 Å². The van der Waals surface area contributed by atoms with Gasteiger partial charge in [-0.05, 0) is 41.8 Å². The van der Waals surface area contributed by atoms with Crippen molar-refractivity contribution in [3.05, 3.63) is 79.1 Å². The van der Waals surface area contributed by atoms with Crippen LogP contribution in [0.1, 0.15) is 0 Å². The molecule has 0 unspecified atom stereocenters. The highest BCUT2D eigenvalue weighted by atomic mass is 35.7. The number of aromatic nitrogens is 1. The number of pyridine rings is 2. The quantitative estimate of drug-likeness (QED) is 0.244. The number of para-hydroxylation sites is 2. The van der Waals surface area contributed by atoms with Gasteiger partial charge in [0, 0.05) is 42.4 Å². The molecule has 1 saturated heterocycles. The molecule has 1 N–H and O–H groups in total. The maximum Gasteiger partial charge on any atom is 0.211 e. The normalized spacial score (nSPS) is 16.3. The minimum Gasteiger partial charge on any atom is -0.377 e. The summed E-state index contributed by atoms with van der Waals surface area (Å²) in [7, 11) is -4.94. The van der Waals surface area contributed by atoms with Crippen LogP contribution in [0.4, 0.5) is 17.1 Å². The summed E-state index contributed by atoms with van der Waals surface area (Å²) >= 11 is 0. The number of ether oxygens (including phenoxy) is 4. The first-order valence-corrected chi connectivity index (χ1v) is 14.5. The van der Waals surface area contributed by atoms with E-state index < -0.39 is 10.2 Å². The monoisotopic (exact) mass is 587 g/mol. The lowest BCUT2D eigenvalue weighted by atomic mass is 10.1. The van der Waals surface area contributed by atoms with Crippen LogP contribution in [-0.4, -0.2) is 65.9 Å². The molecule has 0 aliphatic carbocycles. The van der Waals surface area contributed by atoms with Crippen LogP contribution in [0, 0.1) is 10.2 Å². The van der Waals surface area contributed by atoms with Crippen molar-refractivity contribution in [2.24, 2.45) is 0 Å². The first-order chi connectivity index (χ1) is 19.9. The highest BCUT2D eigenvalue weighted by Gasteiger charge is 2.13. The van der Waals surface area contributed by atoms with E-state index in [2.05, 4.69) is 87.7 Å². The summed E-state index contributed by atoms with van der Waals surface area (Å²) in [5, 5.41) is 6.05. The van der Waals surface area contributed by atoms with Gasteiger partial charge in [0.15, 0.2) is 12.4 Å². The van der Waals surface area contributed by atoms with E-state index in [1.807, 2.05) is 6.07 Å². The molecule has 0 spiro atoms. The number of anilines is 3. The zero-order valence-electron chi connectivity index (χ0n) is 22.6. The fraction of sp³-hybridized carbons (Fsp3) is 0.345. The Morgan fingerprint density at radius 2 is 1.24 bits per heavy atom. The second-order valence-electron chi connectivity index (χ2n) is 9.11. The van der Waals surface area contributed by atoms with Crippen LogP contribution in [0.2, 0.25) is 0 Å². The SMILES string of the molecule is [O-][Cl+3]([O-])([O-])[O-].c1ccc(N2CCOCCOCCOCCOCC2)c(Nc2ccc3c[n+]4ccccc4cc3c2)c1. The van der Waals surface area contributed by atoms with Crippen molar-refractivity contribution in [2.75, 3.05) is 76.2 Å². The summed E-state index contributed by atoms with van der Waals surface area (Å²) < 4.78 is 58.9. The summed E-state index contributed by atoms with van der Waals surface area (Å²) in [5.41, 5.74) is 4.39. The molecule has 0 radical (unpaired) electrons. The van der Waals surface area contributed by atoms with Crippen molar-refractivity contribution in [2.45, 2.75) is 0 Å². The minimum absolute atomic E-state index is 0.577. The van der Waals surface area contributed by atoms with E-state index in [1.54, 1.807) is 0 Å². The Morgan fingerprint density at radius 1 is 0.659 bits per heavy atom. The number of fused-ring (bicyclic) bond motifs is 2. The van der Waals surface area contributed by atoms with Crippen molar-refractivity contribution in [1.29, 1.82) is 0 Å². The molecule has 3 heterocycles. The molecule has 1 fully saturated rings. The van der Waals surface area contributed by atoms with E-state index in [4.69, 9.17) is 37.6 Å². The molecule has 0 bridgehead atoms. The summed E-state index contributed by atoms with van der Waals surface area (Å²) in [4.78, 5) is 2.31. The van der Waals surface area contributed by atoms with Gasteiger partial charge in [0.1, 0.15) is 0 Å². The minimum atomic E-state index is -4.94. The van der Waals surface area contributed by atoms with Crippen molar-refractivity contribution in [3.8, 4) is 0 Å². The molecule has 220 valence electrons. The summed E-state index contributed by atoms with van der Waals surface area (Å²) in [5.74, 6) is 0. The Morgan fingerprint density at radius 3 is 1.90 bits per heavy atom. The standard InChI is InChI=1S/C29H33N3O4.ClHO4/c1-2-7-29(31-11-13-33-15-17-35-19-20-36-18-16-34-14-12-31)28(6-1)30-26-9-8-24-23-32-10-4-3-5-27(32)22-25(24)21-26;2-1(3,4)5/h1-10,21-23H,11-20H2;(H,2,3,4,5). The zero-order chi connectivity index (χ0) is 28.9. The van der Waals surface area contributed by atoms with Crippen molar-refractivity contribution in [1.82, 2.24) is 0 Å². The van der Waals surface area contributed by atoms with Crippen molar-refractivity contribution >= 4 is 33.4 Å². The van der Waals surface area contributed by atoms with Crippen LogP contribution >= 0.6 is 0 Å². The molecule has 0 amide bonds. The molecule has 11 nitrogen and oxygen atoms in total. The second kappa shape index (κ2) is 15.8. The Hall–Kier alpha value is -3.10. The molecule has 1 aliphatic heterocycles. The van der Waals surface area contributed by atoms with Gasteiger partial charge in [-0.1, -0.05) is 12.1 Å². The van der Waals surface area contributed by atoms with E-state index in [0.717, 1.165) is 30.2 Å². The maximum absolute atomic E-state index is 8.49. The van der Waals surface area contributed by atoms with Gasteiger partial charge in [-0.3, -0.25) is 0 Å². The third-order valence-electron chi connectivity index (χ3n) is 6.24. The second-order valence-corrected chi connectivity index (χ2v) is 9.86. The third-order valence-corrected chi connectivity index (χ3v) is 6.24. The van der Waals surface area contributed by atoms with E-state index in [1.165, 1.54) is 16.3 Å². The maximum atomic E-state index is 8.49. The molecular weight excluding hydrogens is 554 g/mol. The fourth-order valence-corrected chi connectivity index (χ4v) is 4.39. The number of hydrogen-bond acceptors (Lipinski definition) is 10. The number of halogens is 1. The lowest BCUT2D eigenvalue weighted by molar-refractivity contribution is -2.00. The van der Waals surface area contributed by atoms with Gasteiger partial charge >= 0.3 is 0 Å². The average molecular weight is 588 g/mol. The van der Waals surface area contributed by atoms with E-state index in [0.29, 0.717) is 52.9 Å². The summed E-state index contributed by atoms with van der Waals surface area (Å²) in [6.07, 6.45) is 4.24. The lowest BCUT2D eigenvalue weighted by Gasteiger charge is -2.27. The molecule has 5 rings (SSSR count). The van der Waals surface area contributed by atoms with Crippen LogP contribution in [0.25, 0.3) is 16.3 Å². The van der Waals surface area contributed by atoms with E-state index in [9.17, 15) is 0 Å². The predicted octanol–water partition coefficient (Wildman–Crippen LogP) is -0.547. The summed E-state index contributed by atoms with van der Waals surface area (Å²) in [6, 6.07) is 23.4. The van der Waals surface area contributed by atoms with Crippen molar-refractivity contribution < 1.29 is 52.2 Å². The first kappa shape index (κ1) is 30.8.